The van der Waals surface area contributed by atoms with Crippen LogP contribution in [0.1, 0.15) is 24.0 Å². The first kappa shape index (κ1) is 34.0. The number of nitrogens with one attached hydrogen (secondary N) is 3. The van der Waals surface area contributed by atoms with Gasteiger partial charge in [-0.25, -0.2) is 15.0 Å². The van der Waals surface area contributed by atoms with Crippen molar-refractivity contribution < 1.29 is 19.1 Å². The van der Waals surface area contributed by atoms with Gasteiger partial charge in [-0.2, -0.15) is 0 Å². The molecule has 4 aliphatic rings. The number of carbonyl (C=O) groups is 2. The van der Waals surface area contributed by atoms with Crippen LogP contribution in [0.2, 0.25) is 0 Å². The van der Waals surface area contributed by atoms with Crippen LogP contribution in [0.3, 0.4) is 0 Å². The molecule has 54 heavy (non-hydrogen) atoms. The van der Waals surface area contributed by atoms with Crippen molar-refractivity contribution in [1.82, 2.24) is 30.1 Å². The predicted molar refractivity (Wildman–Crippen MR) is 207 cm³/mol. The Balaban J connectivity index is 0.744. The van der Waals surface area contributed by atoms with E-state index in [1.165, 1.54) is 5.56 Å². The summed E-state index contributed by atoms with van der Waals surface area (Å²) in [5, 5.41) is 10.1. The Bertz CT molecular complexity index is 2180. The quantitative estimate of drug-likeness (QED) is 0.181. The van der Waals surface area contributed by atoms with Crippen molar-refractivity contribution >= 4 is 45.7 Å². The summed E-state index contributed by atoms with van der Waals surface area (Å²) in [6.45, 7) is 10.6. The lowest BCUT2D eigenvalue weighted by Crippen LogP contribution is -2.63. The van der Waals surface area contributed by atoms with E-state index >= 15 is 0 Å². The number of nitrogens with zero attached hydrogens (tertiary/aromatic N) is 6. The summed E-state index contributed by atoms with van der Waals surface area (Å²) >= 11 is 0. The minimum absolute atomic E-state index is 0.239. The van der Waals surface area contributed by atoms with Gasteiger partial charge < -0.3 is 25.0 Å². The Morgan fingerprint density at radius 2 is 1.76 bits per heavy atom. The molecule has 9 rings (SSSR count). The third-order valence-electron chi connectivity index (χ3n) is 10.9. The van der Waals surface area contributed by atoms with Crippen LogP contribution in [0.5, 0.6) is 11.6 Å². The summed E-state index contributed by atoms with van der Waals surface area (Å²) in [6.07, 6.45) is 3.83. The summed E-state index contributed by atoms with van der Waals surface area (Å²) in [4.78, 5) is 44.9. The van der Waals surface area contributed by atoms with Gasteiger partial charge in [-0.3, -0.25) is 24.7 Å². The normalized spacial score (nSPS) is 19.4. The highest BCUT2D eigenvalue weighted by molar-refractivity contribution is 6.00. The van der Waals surface area contributed by atoms with E-state index in [4.69, 9.17) is 14.5 Å². The SMILES string of the molecule is Cc1c(-c2ccc3cnc(Nc4ccc(CN5CCN(C6CN(c7ccc(OC8CCC(=O)NC8=O)cc7)C6)CC5)cc4)nc3c2)cnc2c1NCCO2. The summed E-state index contributed by atoms with van der Waals surface area (Å²) in [6, 6.07) is 23.3. The molecule has 13 nitrogen and oxygen atoms in total. The van der Waals surface area contributed by atoms with Crippen molar-refractivity contribution in [2.45, 2.75) is 38.5 Å². The van der Waals surface area contributed by atoms with E-state index in [2.05, 4.69) is 90.0 Å². The van der Waals surface area contributed by atoms with Crippen LogP contribution in [0.4, 0.5) is 23.0 Å². The molecular weight excluding hydrogens is 683 g/mol. The van der Waals surface area contributed by atoms with Crippen molar-refractivity contribution in [3.63, 3.8) is 0 Å². The highest BCUT2D eigenvalue weighted by Crippen LogP contribution is 2.36. The number of piperazine rings is 1. The lowest BCUT2D eigenvalue weighted by Gasteiger charge is -2.49. The van der Waals surface area contributed by atoms with Gasteiger partial charge in [-0.15, -0.1) is 0 Å². The van der Waals surface area contributed by atoms with E-state index in [9.17, 15) is 9.59 Å². The first-order valence-corrected chi connectivity index (χ1v) is 18.7. The number of amides is 2. The molecule has 0 spiro atoms. The Kier molecular flexibility index (Phi) is 9.17. The number of hydrogen-bond donors (Lipinski definition) is 3. The van der Waals surface area contributed by atoms with E-state index in [1.807, 2.05) is 36.7 Å². The van der Waals surface area contributed by atoms with Crippen molar-refractivity contribution in [3.05, 3.63) is 90.3 Å². The maximum atomic E-state index is 12.0. The lowest BCUT2D eigenvalue weighted by molar-refractivity contribution is -0.138. The smallest absolute Gasteiger partial charge is 0.267 e. The first-order chi connectivity index (χ1) is 26.4. The largest absolute Gasteiger partial charge is 0.481 e. The molecule has 3 saturated heterocycles. The maximum Gasteiger partial charge on any atom is 0.267 e. The van der Waals surface area contributed by atoms with Crippen LogP contribution < -0.4 is 30.3 Å². The summed E-state index contributed by atoms with van der Waals surface area (Å²) in [5.74, 6) is 1.26. The maximum absolute atomic E-state index is 12.0. The molecule has 2 amide bonds. The summed E-state index contributed by atoms with van der Waals surface area (Å²) in [5.41, 5.74) is 8.42. The number of fused-ring (bicyclic) bond motifs is 2. The third-order valence-corrected chi connectivity index (χ3v) is 10.9. The Hall–Kier alpha value is -5.79. The average molecular weight is 726 g/mol. The lowest BCUT2D eigenvalue weighted by atomic mass is 10.00. The molecule has 1 unspecified atom stereocenters. The average Bonchev–Trinajstić information content (AvgIpc) is 3.17. The van der Waals surface area contributed by atoms with Crippen molar-refractivity contribution in [2.24, 2.45) is 0 Å². The van der Waals surface area contributed by atoms with Crippen molar-refractivity contribution in [3.8, 4) is 22.8 Å². The van der Waals surface area contributed by atoms with Gasteiger partial charge in [0.2, 0.25) is 17.7 Å². The molecular formula is C41H43N9O4. The van der Waals surface area contributed by atoms with E-state index < -0.39 is 6.10 Å². The third kappa shape index (κ3) is 7.12. The molecule has 0 aliphatic carbocycles. The van der Waals surface area contributed by atoms with Crippen LogP contribution in [-0.2, 0) is 16.1 Å². The monoisotopic (exact) mass is 725 g/mol. The molecule has 1 atom stereocenters. The van der Waals surface area contributed by atoms with E-state index in [1.54, 1.807) is 0 Å². The Morgan fingerprint density at radius 3 is 2.56 bits per heavy atom. The molecule has 5 aromatic rings. The number of rotatable bonds is 9. The molecule has 2 aromatic heterocycles. The second-order valence-corrected chi connectivity index (χ2v) is 14.5. The second kappa shape index (κ2) is 14.6. The number of benzene rings is 3. The van der Waals surface area contributed by atoms with E-state index in [-0.39, 0.29) is 11.8 Å². The molecule has 0 saturated carbocycles. The standard InChI is InChI=1S/C41H43N9O4/c1-26-34(22-43-40-38(26)42-14-19-53-40)28-4-5-29-21-44-41(46-35(29)20-28)45-30-6-2-27(3-7-30)23-48-15-17-49(18-16-48)32-24-50(25-32)31-8-10-33(11-9-31)54-36-12-13-37(51)47-39(36)52/h2-11,20-22,32,36,42H,12-19,23-25H2,1H3,(H,44,45,46)(H,47,51,52). The zero-order chi connectivity index (χ0) is 36.6. The van der Waals surface area contributed by atoms with Gasteiger partial charge in [0, 0.05) is 106 Å². The van der Waals surface area contributed by atoms with Gasteiger partial charge in [0.05, 0.1) is 5.52 Å². The summed E-state index contributed by atoms with van der Waals surface area (Å²) in [7, 11) is 0. The van der Waals surface area contributed by atoms with Gasteiger partial charge in [0.1, 0.15) is 18.0 Å². The van der Waals surface area contributed by atoms with Crippen molar-refractivity contribution in [1.29, 1.82) is 0 Å². The minimum atomic E-state index is -0.618. The molecule has 276 valence electrons. The highest BCUT2D eigenvalue weighted by Gasteiger charge is 2.34. The summed E-state index contributed by atoms with van der Waals surface area (Å²) < 4.78 is 11.5. The Morgan fingerprint density at radius 1 is 0.944 bits per heavy atom. The van der Waals surface area contributed by atoms with Crippen LogP contribution in [0, 0.1) is 6.92 Å². The number of carbonyl (C=O) groups excluding carboxylic acids is 2. The van der Waals surface area contributed by atoms with Crippen LogP contribution in [-0.4, -0.2) is 101 Å². The van der Waals surface area contributed by atoms with Gasteiger partial charge in [0.25, 0.3) is 5.91 Å². The molecule has 0 radical (unpaired) electrons. The van der Waals surface area contributed by atoms with Crippen LogP contribution in [0.25, 0.3) is 22.0 Å². The minimum Gasteiger partial charge on any atom is -0.481 e. The number of imide groups is 1. The number of piperidine rings is 1. The predicted octanol–water partition coefficient (Wildman–Crippen LogP) is 4.74. The number of anilines is 4. The van der Waals surface area contributed by atoms with Gasteiger partial charge in [-0.05, 0) is 66.1 Å². The van der Waals surface area contributed by atoms with Gasteiger partial charge >= 0.3 is 0 Å². The van der Waals surface area contributed by atoms with Crippen LogP contribution >= 0.6 is 0 Å². The number of ether oxygens (including phenoxy) is 2. The fraction of sp³-hybridized carbons (Fsp3) is 0.341. The van der Waals surface area contributed by atoms with E-state index in [0.29, 0.717) is 43.1 Å². The topological polar surface area (TPSA) is 137 Å². The van der Waals surface area contributed by atoms with Gasteiger partial charge in [0.15, 0.2) is 6.10 Å². The zero-order valence-electron chi connectivity index (χ0n) is 30.3. The molecule has 0 bridgehead atoms. The van der Waals surface area contributed by atoms with Gasteiger partial charge in [-0.1, -0.05) is 24.3 Å². The zero-order valence-corrected chi connectivity index (χ0v) is 30.3. The second-order valence-electron chi connectivity index (χ2n) is 14.5. The molecule has 3 N–H and O–H groups in total. The van der Waals surface area contributed by atoms with E-state index in [0.717, 1.165) is 97.0 Å². The molecule has 4 aliphatic heterocycles. The van der Waals surface area contributed by atoms with Crippen LogP contribution in [0.15, 0.2) is 79.1 Å². The highest BCUT2D eigenvalue weighted by atomic mass is 16.5. The fourth-order valence-corrected chi connectivity index (χ4v) is 7.71. The molecule has 3 aromatic carbocycles. The molecule has 13 heteroatoms. The first-order valence-electron chi connectivity index (χ1n) is 18.7. The molecule has 6 heterocycles. The number of aromatic nitrogens is 3. The number of hydrogen-bond acceptors (Lipinski definition) is 12. The number of pyridine rings is 1. The van der Waals surface area contributed by atoms with Crippen molar-refractivity contribution in [2.75, 3.05) is 68.0 Å². The molecule has 3 fully saturated rings. The fourth-order valence-electron chi connectivity index (χ4n) is 7.71. The Labute approximate surface area is 313 Å².